The second kappa shape index (κ2) is 14.4. The Hall–Kier alpha value is -3.48. The van der Waals surface area contributed by atoms with E-state index in [0.29, 0.717) is 18.3 Å². The average molecular weight is 564 g/mol. The van der Waals surface area contributed by atoms with E-state index in [9.17, 15) is 9.59 Å². The molecular formula is C34H49N3O4. The largest absolute Gasteiger partial charge is 0.419 e. The molecule has 0 aliphatic carbocycles. The Morgan fingerprint density at radius 1 is 0.854 bits per heavy atom. The Morgan fingerprint density at radius 3 is 1.98 bits per heavy atom. The van der Waals surface area contributed by atoms with Crippen molar-refractivity contribution < 1.29 is 19.1 Å². The second-order valence-corrected chi connectivity index (χ2v) is 12.2. The van der Waals surface area contributed by atoms with Gasteiger partial charge in [0, 0.05) is 51.9 Å². The van der Waals surface area contributed by atoms with Crippen LogP contribution in [0, 0.1) is 5.92 Å². The van der Waals surface area contributed by atoms with Crippen LogP contribution in [0.4, 0.5) is 11.4 Å². The van der Waals surface area contributed by atoms with E-state index in [2.05, 4.69) is 62.2 Å². The van der Waals surface area contributed by atoms with Crippen molar-refractivity contribution in [2.45, 2.75) is 98.4 Å². The minimum absolute atomic E-state index is 0.0359. The number of nitrogens with one attached hydrogen (secondary N) is 1. The van der Waals surface area contributed by atoms with Gasteiger partial charge in [0.1, 0.15) is 5.82 Å². The van der Waals surface area contributed by atoms with E-state index in [1.54, 1.807) is 13.8 Å². The number of aryl methyl sites for hydroxylation is 1. The number of ether oxygens (including phenoxy) is 2. The topological polar surface area (TPSA) is 71.1 Å². The molecule has 1 aliphatic heterocycles. The van der Waals surface area contributed by atoms with E-state index in [0.717, 1.165) is 55.5 Å². The molecule has 0 amide bonds. The van der Waals surface area contributed by atoms with Crippen LogP contribution in [0.1, 0.15) is 84.8 Å². The molecule has 0 bridgehead atoms. The van der Waals surface area contributed by atoms with Crippen LogP contribution in [-0.2, 0) is 32.0 Å². The number of esters is 2. The molecular weight excluding hydrogens is 514 g/mol. The van der Waals surface area contributed by atoms with E-state index in [1.807, 2.05) is 43.3 Å². The van der Waals surface area contributed by atoms with Crippen molar-refractivity contribution in [2.24, 2.45) is 5.92 Å². The van der Waals surface area contributed by atoms with Gasteiger partial charge in [-0.05, 0) is 67.5 Å². The van der Waals surface area contributed by atoms with E-state index >= 15 is 0 Å². The molecule has 1 unspecified atom stereocenters. The fourth-order valence-corrected chi connectivity index (χ4v) is 4.87. The second-order valence-electron chi connectivity index (χ2n) is 12.2. The lowest BCUT2D eigenvalue weighted by Crippen LogP contribution is -2.45. The van der Waals surface area contributed by atoms with Gasteiger partial charge >= 0.3 is 11.9 Å². The highest BCUT2D eigenvalue weighted by molar-refractivity contribution is 6.16. The molecule has 0 aromatic heterocycles. The molecule has 7 heteroatoms. The van der Waals surface area contributed by atoms with Gasteiger partial charge in [0.05, 0.1) is 0 Å². The van der Waals surface area contributed by atoms with Crippen molar-refractivity contribution in [2.75, 3.05) is 24.3 Å². The monoisotopic (exact) mass is 563 g/mol. The lowest BCUT2D eigenvalue weighted by atomic mass is 10.0. The van der Waals surface area contributed by atoms with Crippen LogP contribution >= 0.6 is 0 Å². The van der Waals surface area contributed by atoms with Gasteiger partial charge in [-0.25, -0.2) is 9.59 Å². The van der Waals surface area contributed by atoms with Gasteiger partial charge < -0.3 is 24.6 Å². The summed E-state index contributed by atoms with van der Waals surface area (Å²) in [6, 6.07) is 16.6. The third-order valence-corrected chi connectivity index (χ3v) is 7.40. The molecule has 0 radical (unpaired) electrons. The highest BCUT2D eigenvalue weighted by Crippen LogP contribution is 2.30. The summed E-state index contributed by atoms with van der Waals surface area (Å²) in [7, 11) is 3.97. The van der Waals surface area contributed by atoms with Crippen molar-refractivity contribution in [3.05, 3.63) is 71.1 Å². The van der Waals surface area contributed by atoms with Gasteiger partial charge in [0.25, 0.3) is 5.79 Å². The van der Waals surface area contributed by atoms with Crippen LogP contribution in [0.25, 0.3) is 0 Å². The maximum atomic E-state index is 13.4. The van der Waals surface area contributed by atoms with Crippen LogP contribution in [0.15, 0.2) is 59.9 Å². The van der Waals surface area contributed by atoms with E-state index in [-0.39, 0.29) is 11.6 Å². The Kier molecular flexibility index (Phi) is 11.3. The summed E-state index contributed by atoms with van der Waals surface area (Å²) in [6.45, 7) is 12.5. The number of unbranched alkanes of at least 4 members (excludes halogenated alkanes) is 2. The van der Waals surface area contributed by atoms with Gasteiger partial charge in [-0.2, -0.15) is 0 Å². The Bertz CT molecular complexity index is 1160. The summed E-state index contributed by atoms with van der Waals surface area (Å²) < 4.78 is 11.1. The highest BCUT2D eigenvalue weighted by atomic mass is 16.7. The van der Waals surface area contributed by atoms with Crippen molar-refractivity contribution in [1.82, 2.24) is 4.90 Å². The van der Waals surface area contributed by atoms with Crippen molar-refractivity contribution in [3.8, 4) is 0 Å². The molecule has 2 aromatic carbocycles. The minimum Gasteiger partial charge on any atom is -0.419 e. The number of hydrogen-bond donors (Lipinski definition) is 1. The molecule has 7 nitrogen and oxygen atoms in total. The lowest BCUT2D eigenvalue weighted by Gasteiger charge is -2.37. The normalized spacial score (nSPS) is 15.3. The minimum atomic E-state index is -1.32. The molecule has 1 saturated heterocycles. The first-order valence-corrected chi connectivity index (χ1v) is 15.0. The molecule has 224 valence electrons. The van der Waals surface area contributed by atoms with Gasteiger partial charge in [-0.1, -0.05) is 64.3 Å². The van der Waals surface area contributed by atoms with Crippen LogP contribution in [0.2, 0.25) is 0 Å². The molecule has 3 rings (SSSR count). The van der Waals surface area contributed by atoms with E-state index in [4.69, 9.17) is 9.47 Å². The predicted molar refractivity (Wildman–Crippen MR) is 166 cm³/mol. The number of carbonyl (C=O) groups excluding carboxylic acids is 2. The number of hydrogen-bond acceptors (Lipinski definition) is 7. The fourth-order valence-electron chi connectivity index (χ4n) is 4.87. The highest BCUT2D eigenvalue weighted by Gasteiger charge is 2.42. The number of carbonyl (C=O) groups is 2. The predicted octanol–water partition coefficient (Wildman–Crippen LogP) is 7.27. The maximum Gasteiger partial charge on any atom is 0.352 e. The number of anilines is 2. The summed E-state index contributed by atoms with van der Waals surface area (Å²) in [5, 5.41) is 3.42. The van der Waals surface area contributed by atoms with E-state index < -0.39 is 17.7 Å². The molecule has 0 saturated carbocycles. The Balaban J connectivity index is 2.05. The Labute approximate surface area is 246 Å². The average Bonchev–Trinajstić information content (AvgIpc) is 2.90. The SMILES string of the molecule is CCCCCC(C)N(Cc1ccc(CCC(C)C)cc1)C(Nc1ccc(N(C)C)cc1)=C1C(=O)OC(C)(C)OC1=O. The molecule has 2 aromatic rings. The fraction of sp³-hybridized carbons (Fsp3) is 0.529. The molecule has 0 spiro atoms. The lowest BCUT2D eigenvalue weighted by molar-refractivity contribution is -0.222. The summed E-state index contributed by atoms with van der Waals surface area (Å²) in [6.07, 6.45) is 6.38. The first-order valence-electron chi connectivity index (χ1n) is 15.0. The first-order chi connectivity index (χ1) is 19.4. The Morgan fingerprint density at radius 2 is 1.44 bits per heavy atom. The third kappa shape index (κ3) is 9.27. The van der Waals surface area contributed by atoms with Crippen LogP contribution in [0.5, 0.6) is 0 Å². The first kappa shape index (κ1) is 32.0. The number of rotatable bonds is 14. The van der Waals surface area contributed by atoms with Crippen molar-refractivity contribution in [1.29, 1.82) is 0 Å². The van der Waals surface area contributed by atoms with Gasteiger partial charge in [0.15, 0.2) is 5.57 Å². The molecule has 1 aliphatic rings. The zero-order valence-electron chi connectivity index (χ0n) is 26.3. The maximum absolute atomic E-state index is 13.4. The summed E-state index contributed by atoms with van der Waals surface area (Å²) in [5.41, 5.74) is 4.10. The summed E-state index contributed by atoms with van der Waals surface area (Å²) >= 11 is 0. The van der Waals surface area contributed by atoms with Crippen molar-refractivity contribution in [3.63, 3.8) is 0 Å². The smallest absolute Gasteiger partial charge is 0.352 e. The van der Waals surface area contributed by atoms with Crippen LogP contribution < -0.4 is 10.2 Å². The number of nitrogens with zero attached hydrogens (tertiary/aromatic N) is 2. The zero-order valence-corrected chi connectivity index (χ0v) is 26.3. The van der Waals surface area contributed by atoms with Crippen LogP contribution in [-0.4, -0.2) is 42.8 Å². The number of cyclic esters (lactones) is 2. The quantitative estimate of drug-likeness (QED) is 0.112. The summed E-state index contributed by atoms with van der Waals surface area (Å²) in [4.78, 5) is 30.8. The molecule has 1 heterocycles. The van der Waals surface area contributed by atoms with Crippen molar-refractivity contribution >= 4 is 23.3 Å². The van der Waals surface area contributed by atoms with E-state index in [1.165, 1.54) is 5.56 Å². The zero-order chi connectivity index (χ0) is 30.2. The number of benzene rings is 2. The summed E-state index contributed by atoms with van der Waals surface area (Å²) in [5.74, 6) is -1.64. The molecule has 1 N–H and O–H groups in total. The third-order valence-electron chi connectivity index (χ3n) is 7.40. The van der Waals surface area contributed by atoms with Gasteiger partial charge in [0.2, 0.25) is 0 Å². The standard InChI is InChI=1S/C34H49N3O4/c1-9-10-11-12-25(4)37(23-27-17-15-26(16-18-27)14-13-24(2)3)31(30-32(38)40-34(5,6)41-33(30)39)35-28-19-21-29(22-20-28)36(7)8/h15-22,24-25,35H,9-14,23H2,1-8H3. The molecule has 1 fully saturated rings. The van der Waals surface area contributed by atoms with Crippen LogP contribution in [0.3, 0.4) is 0 Å². The molecule has 41 heavy (non-hydrogen) atoms. The molecule has 1 atom stereocenters. The van der Waals surface area contributed by atoms with Gasteiger partial charge in [-0.15, -0.1) is 0 Å². The van der Waals surface area contributed by atoms with Gasteiger partial charge in [-0.3, -0.25) is 0 Å².